The minimum Gasteiger partial charge on any atom is -0.301 e. The van der Waals surface area contributed by atoms with Gasteiger partial charge in [-0.2, -0.15) is 0 Å². The molecule has 0 aromatic carbocycles. The van der Waals surface area contributed by atoms with Gasteiger partial charge in [0, 0.05) is 12.0 Å². The van der Waals surface area contributed by atoms with E-state index in [0.717, 1.165) is 31.5 Å². The molecular weight excluding hydrogens is 280 g/mol. The topological polar surface area (TPSA) is 3.24 Å². The van der Waals surface area contributed by atoms with Crippen molar-refractivity contribution in [1.29, 1.82) is 0 Å². The smallest absolute Gasteiger partial charge is 0.245 e. The van der Waals surface area contributed by atoms with Crippen molar-refractivity contribution in [3.63, 3.8) is 0 Å². The molecule has 22 heavy (non-hydrogen) atoms. The van der Waals surface area contributed by atoms with Crippen molar-refractivity contribution in [2.24, 2.45) is 23.2 Å². The highest BCUT2D eigenvalue weighted by atomic mass is 19.3. The van der Waals surface area contributed by atoms with Gasteiger partial charge in [-0.25, -0.2) is 8.78 Å². The fourth-order valence-corrected chi connectivity index (χ4v) is 5.00. The number of allylic oxidation sites excluding steroid dienone is 2. The van der Waals surface area contributed by atoms with Gasteiger partial charge >= 0.3 is 0 Å². The van der Waals surface area contributed by atoms with Crippen LogP contribution in [0.2, 0.25) is 0 Å². The van der Waals surface area contributed by atoms with Crippen LogP contribution in [0.1, 0.15) is 60.8 Å². The number of halogens is 2. The molecule has 1 heterocycles. The minimum absolute atomic E-state index is 0.0419. The van der Waals surface area contributed by atoms with Gasteiger partial charge < -0.3 is 4.90 Å². The maximum atomic E-state index is 13.7. The Balaban J connectivity index is 2.36. The Bertz CT molecular complexity index is 415. The van der Waals surface area contributed by atoms with Gasteiger partial charge in [-0.05, 0) is 63.5 Å². The summed E-state index contributed by atoms with van der Waals surface area (Å²) in [5, 5.41) is 0. The summed E-state index contributed by atoms with van der Waals surface area (Å²) in [7, 11) is 0. The Hall–Kier alpha value is -0.440. The Morgan fingerprint density at radius 3 is 1.86 bits per heavy atom. The maximum Gasteiger partial charge on any atom is 0.245 e. The van der Waals surface area contributed by atoms with Gasteiger partial charge in [0.2, 0.25) is 6.43 Å². The van der Waals surface area contributed by atoms with Crippen molar-refractivity contribution in [2.75, 3.05) is 13.1 Å². The zero-order chi connectivity index (χ0) is 16.7. The van der Waals surface area contributed by atoms with Crippen molar-refractivity contribution >= 4 is 0 Å². The largest absolute Gasteiger partial charge is 0.301 e. The molecule has 3 heteroatoms. The van der Waals surface area contributed by atoms with Gasteiger partial charge in [-0.3, -0.25) is 0 Å². The van der Waals surface area contributed by atoms with E-state index in [1.54, 1.807) is 0 Å². The molecule has 0 radical (unpaired) electrons. The highest BCUT2D eigenvalue weighted by Gasteiger charge is 2.50. The van der Waals surface area contributed by atoms with Crippen LogP contribution in [0.25, 0.3) is 0 Å². The van der Waals surface area contributed by atoms with E-state index in [-0.39, 0.29) is 11.3 Å². The van der Waals surface area contributed by atoms with Crippen LogP contribution in [0.15, 0.2) is 11.1 Å². The summed E-state index contributed by atoms with van der Waals surface area (Å²) in [5.41, 5.74) is 2.51. The van der Waals surface area contributed by atoms with Crippen LogP contribution < -0.4 is 0 Å². The van der Waals surface area contributed by atoms with Gasteiger partial charge in [-0.1, -0.05) is 38.8 Å². The monoisotopic (exact) mass is 313 g/mol. The van der Waals surface area contributed by atoms with Crippen LogP contribution in [-0.2, 0) is 0 Å². The quantitative estimate of drug-likeness (QED) is 0.631. The summed E-state index contributed by atoms with van der Waals surface area (Å²) in [6.07, 6.45) is 0.571. The molecule has 1 aliphatic heterocycles. The molecule has 128 valence electrons. The van der Waals surface area contributed by atoms with Crippen LogP contribution >= 0.6 is 0 Å². The third-order valence-corrected chi connectivity index (χ3v) is 5.88. The number of piperidine rings is 1. The van der Waals surface area contributed by atoms with Crippen molar-refractivity contribution in [3.05, 3.63) is 11.1 Å². The lowest BCUT2D eigenvalue weighted by atomic mass is 9.69. The van der Waals surface area contributed by atoms with Gasteiger partial charge in [-0.15, -0.1) is 0 Å². The van der Waals surface area contributed by atoms with Gasteiger partial charge in [0.1, 0.15) is 0 Å². The second kappa shape index (κ2) is 6.59. The van der Waals surface area contributed by atoms with Crippen LogP contribution in [0.3, 0.4) is 0 Å². The van der Waals surface area contributed by atoms with Crippen LogP contribution in [-0.4, -0.2) is 30.5 Å². The molecule has 0 bridgehead atoms. The average molecular weight is 313 g/mol. The maximum absolute atomic E-state index is 13.7. The standard InChI is InChI=1S/C19H33F2N/c1-12(2)16-15(18(20)21)11-19(17(16)13(3)4)7-9-22(10-8-19)14(5)6/h12-15,18H,7-11H2,1-6H3. The molecule has 2 aliphatic rings. The summed E-state index contributed by atoms with van der Waals surface area (Å²) in [4.78, 5) is 2.49. The van der Waals surface area contributed by atoms with Gasteiger partial charge in [0.05, 0.1) is 0 Å². The molecule has 0 N–H and O–H groups in total. The molecule has 1 nitrogen and oxygen atoms in total. The lowest BCUT2D eigenvalue weighted by molar-refractivity contribution is 0.0524. The number of hydrogen-bond donors (Lipinski definition) is 0. The Morgan fingerprint density at radius 1 is 0.955 bits per heavy atom. The number of rotatable bonds is 4. The second-order valence-corrected chi connectivity index (χ2v) is 8.23. The molecular formula is C19H33F2N. The highest BCUT2D eigenvalue weighted by Crippen LogP contribution is 2.57. The van der Waals surface area contributed by atoms with E-state index in [1.807, 2.05) is 0 Å². The zero-order valence-electron chi connectivity index (χ0n) is 15.1. The SMILES string of the molecule is CC(C)C1=C(C(C)C)C2(CCN(C(C)C)CC2)CC1C(F)F. The van der Waals surface area contributed by atoms with E-state index in [4.69, 9.17) is 0 Å². The fraction of sp³-hybridized carbons (Fsp3) is 0.895. The molecule has 1 spiro atoms. The summed E-state index contributed by atoms with van der Waals surface area (Å²) < 4.78 is 27.4. The van der Waals surface area contributed by atoms with Gasteiger partial charge in [0.25, 0.3) is 0 Å². The van der Waals surface area contributed by atoms with E-state index >= 15 is 0 Å². The summed E-state index contributed by atoms with van der Waals surface area (Å²) in [6, 6.07) is 0.556. The Labute approximate surface area is 135 Å². The summed E-state index contributed by atoms with van der Waals surface area (Å²) in [6.45, 7) is 15.1. The number of nitrogens with zero attached hydrogens (tertiary/aromatic N) is 1. The molecule has 1 unspecified atom stereocenters. The second-order valence-electron chi connectivity index (χ2n) is 8.23. The van der Waals surface area contributed by atoms with E-state index < -0.39 is 12.3 Å². The summed E-state index contributed by atoms with van der Waals surface area (Å²) >= 11 is 0. The first-order valence-corrected chi connectivity index (χ1v) is 8.96. The first-order valence-electron chi connectivity index (χ1n) is 8.96. The number of likely N-dealkylation sites (tertiary alicyclic amines) is 1. The van der Waals surface area contributed by atoms with Crippen molar-refractivity contribution < 1.29 is 8.78 Å². The molecule has 1 saturated heterocycles. The molecule has 0 saturated carbocycles. The molecule has 1 aliphatic carbocycles. The normalized spacial score (nSPS) is 26.5. The van der Waals surface area contributed by atoms with Crippen LogP contribution in [0.5, 0.6) is 0 Å². The van der Waals surface area contributed by atoms with E-state index in [0.29, 0.717) is 18.4 Å². The predicted octanol–water partition coefficient (Wildman–Crippen LogP) is 5.37. The van der Waals surface area contributed by atoms with Crippen LogP contribution in [0, 0.1) is 23.2 Å². The van der Waals surface area contributed by atoms with Gasteiger partial charge in [0.15, 0.2) is 0 Å². The lowest BCUT2D eigenvalue weighted by Crippen LogP contribution is -2.44. The molecule has 1 fully saturated rings. The molecule has 0 amide bonds. The third kappa shape index (κ3) is 3.11. The van der Waals surface area contributed by atoms with E-state index in [1.165, 1.54) is 5.57 Å². The number of hydrogen-bond acceptors (Lipinski definition) is 1. The minimum atomic E-state index is -2.21. The molecule has 0 aromatic rings. The molecule has 2 rings (SSSR count). The first-order chi connectivity index (χ1) is 10.2. The molecule has 1 atom stereocenters. The highest BCUT2D eigenvalue weighted by molar-refractivity contribution is 5.35. The fourth-order valence-electron chi connectivity index (χ4n) is 5.00. The van der Waals surface area contributed by atoms with Crippen molar-refractivity contribution in [3.8, 4) is 0 Å². The van der Waals surface area contributed by atoms with E-state index in [2.05, 4.69) is 46.4 Å². The lowest BCUT2D eigenvalue weighted by Gasteiger charge is -2.44. The first kappa shape index (κ1) is 17.9. The van der Waals surface area contributed by atoms with Crippen molar-refractivity contribution in [2.45, 2.75) is 73.3 Å². The van der Waals surface area contributed by atoms with Crippen molar-refractivity contribution in [1.82, 2.24) is 4.90 Å². The average Bonchev–Trinajstić information content (AvgIpc) is 2.74. The predicted molar refractivity (Wildman–Crippen MR) is 89.2 cm³/mol. The third-order valence-electron chi connectivity index (χ3n) is 5.88. The molecule has 0 aromatic heterocycles. The Morgan fingerprint density at radius 2 is 1.50 bits per heavy atom. The zero-order valence-corrected chi connectivity index (χ0v) is 15.1. The van der Waals surface area contributed by atoms with E-state index in [9.17, 15) is 8.78 Å². The Kier molecular flexibility index (Phi) is 5.36. The van der Waals surface area contributed by atoms with Crippen LogP contribution in [0.4, 0.5) is 8.78 Å². The number of alkyl halides is 2. The summed E-state index contributed by atoms with van der Waals surface area (Å²) in [5.74, 6) is 0.105.